The predicted octanol–water partition coefficient (Wildman–Crippen LogP) is 10.5. The summed E-state index contributed by atoms with van der Waals surface area (Å²) < 4.78 is 1.55. The highest BCUT2D eigenvalue weighted by Gasteiger charge is 2.22. The van der Waals surface area contributed by atoms with Gasteiger partial charge in [-0.05, 0) is 73.1 Å². The first kappa shape index (κ1) is 41.9. The van der Waals surface area contributed by atoms with Crippen molar-refractivity contribution >= 4 is 41.3 Å². The average Bonchev–Trinajstić information content (AvgIpc) is 3.71. The monoisotopic (exact) mass is 808 g/mol. The molecule has 0 aliphatic rings. The Morgan fingerprint density at radius 1 is 0.552 bits per heavy atom. The molecule has 0 saturated heterocycles. The molecule has 0 unspecified atom stereocenters. The van der Waals surface area contributed by atoms with E-state index in [0.29, 0.717) is 34.7 Å². The Kier molecular flexibility index (Phi) is 16.1. The van der Waals surface area contributed by atoms with Crippen LogP contribution in [0.15, 0.2) is 164 Å². The van der Waals surface area contributed by atoms with Gasteiger partial charge in [0, 0.05) is 12.4 Å². The molecule has 7 nitrogen and oxygen atoms in total. The third-order valence-electron chi connectivity index (χ3n) is 9.66. The number of aromatic hydroxyl groups is 2. The van der Waals surface area contributed by atoms with Crippen molar-refractivity contribution in [3.05, 3.63) is 169 Å². The number of hydrogen-bond donors (Lipinski definition) is 3. The van der Waals surface area contributed by atoms with E-state index < -0.39 is 7.92 Å². The molecular formula is C49H50ClN4O3P. The largest absolute Gasteiger partial charge is 0.507 e. The Labute approximate surface area is 348 Å². The fourth-order valence-corrected chi connectivity index (χ4v) is 9.19. The van der Waals surface area contributed by atoms with Gasteiger partial charge in [0.1, 0.15) is 11.5 Å². The van der Waals surface area contributed by atoms with Crippen LogP contribution in [0.2, 0.25) is 0 Å². The number of alkyl halides is 1. The van der Waals surface area contributed by atoms with E-state index in [1.165, 1.54) is 41.6 Å². The molecule has 9 heteroatoms. The fraction of sp³-hybridized carbons (Fsp3) is 0.204. The summed E-state index contributed by atoms with van der Waals surface area (Å²) in [6, 6.07) is 53.2. The highest BCUT2D eigenvalue weighted by atomic mass is 35.5. The number of carbonyl (C=O) groups excluding carboxylic acids is 1. The molecule has 0 radical (unpaired) electrons. The van der Waals surface area contributed by atoms with Crippen LogP contribution in [-0.2, 0) is 0 Å². The van der Waals surface area contributed by atoms with Gasteiger partial charge in [0.05, 0.1) is 22.4 Å². The van der Waals surface area contributed by atoms with Gasteiger partial charge in [0.25, 0.3) is 5.91 Å². The molecule has 0 aliphatic carbocycles. The lowest BCUT2D eigenvalue weighted by atomic mass is 10.1. The molecule has 0 fully saturated rings. The topological polar surface area (TPSA) is 100 Å². The second kappa shape index (κ2) is 22.3. The minimum atomic E-state index is -0.446. The van der Waals surface area contributed by atoms with Gasteiger partial charge in [-0.1, -0.05) is 166 Å². The van der Waals surface area contributed by atoms with Crippen molar-refractivity contribution in [1.82, 2.24) is 20.1 Å². The molecule has 3 N–H and O–H groups in total. The van der Waals surface area contributed by atoms with Crippen LogP contribution in [0.1, 0.15) is 61.7 Å². The molecule has 0 bridgehead atoms. The average molecular weight is 809 g/mol. The molecule has 58 heavy (non-hydrogen) atoms. The third kappa shape index (κ3) is 11.4. The van der Waals surface area contributed by atoms with E-state index in [-0.39, 0.29) is 23.2 Å². The van der Waals surface area contributed by atoms with Crippen molar-refractivity contribution in [2.24, 2.45) is 0 Å². The van der Waals surface area contributed by atoms with Crippen molar-refractivity contribution in [1.29, 1.82) is 0 Å². The third-order valence-corrected chi connectivity index (χ3v) is 12.4. The molecule has 0 saturated carbocycles. The van der Waals surface area contributed by atoms with Gasteiger partial charge < -0.3 is 15.5 Å². The molecule has 6 aromatic carbocycles. The van der Waals surface area contributed by atoms with Crippen LogP contribution in [0.25, 0.3) is 28.5 Å². The van der Waals surface area contributed by atoms with Gasteiger partial charge in [-0.15, -0.1) is 16.7 Å². The molecule has 7 rings (SSSR count). The summed E-state index contributed by atoms with van der Waals surface area (Å²) in [5, 5.41) is 32.9. The maximum absolute atomic E-state index is 13.2. The van der Waals surface area contributed by atoms with E-state index >= 15 is 0 Å². The Balaban J connectivity index is 0.000000247. The van der Waals surface area contributed by atoms with E-state index in [4.69, 9.17) is 11.6 Å². The van der Waals surface area contributed by atoms with Crippen molar-refractivity contribution in [3.63, 3.8) is 0 Å². The minimum absolute atomic E-state index is 0.0379. The molecule has 0 spiro atoms. The molecule has 296 valence electrons. The maximum Gasteiger partial charge on any atom is 0.253 e. The number of carbonyl (C=O) groups is 1. The number of phenolic OH excluding ortho intramolecular Hbond substituents is 2. The van der Waals surface area contributed by atoms with Gasteiger partial charge in [-0.25, -0.2) is 9.67 Å². The number of phenols is 2. The predicted molar refractivity (Wildman–Crippen MR) is 241 cm³/mol. The zero-order valence-corrected chi connectivity index (χ0v) is 34.3. The zero-order valence-electron chi connectivity index (χ0n) is 32.6. The quantitative estimate of drug-likeness (QED) is 0.0483. The van der Waals surface area contributed by atoms with Gasteiger partial charge in [0.15, 0.2) is 11.6 Å². The highest BCUT2D eigenvalue weighted by molar-refractivity contribution is 7.79. The van der Waals surface area contributed by atoms with Gasteiger partial charge in [-0.2, -0.15) is 0 Å². The van der Waals surface area contributed by atoms with E-state index in [2.05, 4.69) is 106 Å². The van der Waals surface area contributed by atoms with Gasteiger partial charge >= 0.3 is 0 Å². The first-order chi connectivity index (χ1) is 28.5. The second-order valence-corrected chi connectivity index (χ2v) is 16.4. The summed E-state index contributed by atoms with van der Waals surface area (Å²) >= 11 is 5.73. The fourth-order valence-electron chi connectivity index (χ4n) is 6.70. The lowest BCUT2D eigenvalue weighted by molar-refractivity contribution is 0.0952. The Hall–Kier alpha value is -5.75. The van der Waals surface area contributed by atoms with Crippen LogP contribution >= 0.6 is 19.5 Å². The first-order valence-corrected chi connectivity index (χ1v) is 21.9. The normalized spacial score (nSPS) is 10.9. The number of nitrogens with one attached hydrogen (secondary N) is 1. The number of unbranched alkanes of at least 4 members (excludes halogenated alkanes) is 7. The molecule has 1 heterocycles. The molecule has 1 aromatic heterocycles. The molecule has 0 atom stereocenters. The molecular weight excluding hydrogens is 759 g/mol. The number of amides is 1. The lowest BCUT2D eigenvalue weighted by Crippen LogP contribution is -2.26. The number of hydrogen-bond acceptors (Lipinski definition) is 5. The Bertz CT molecular complexity index is 2210. The molecule has 7 aromatic rings. The smallest absolute Gasteiger partial charge is 0.253 e. The van der Waals surface area contributed by atoms with E-state index in [1.54, 1.807) is 65.3 Å². The number of halogens is 1. The van der Waals surface area contributed by atoms with Crippen LogP contribution in [-0.4, -0.2) is 43.3 Å². The van der Waals surface area contributed by atoms with Crippen LogP contribution in [0, 0.1) is 0 Å². The van der Waals surface area contributed by atoms with E-state index in [1.807, 2.05) is 12.1 Å². The number of aromatic nitrogens is 3. The lowest BCUT2D eigenvalue weighted by Gasteiger charge is -2.18. The molecule has 0 aliphatic heterocycles. The van der Waals surface area contributed by atoms with Gasteiger partial charge in [0.2, 0.25) is 0 Å². The van der Waals surface area contributed by atoms with Crippen molar-refractivity contribution in [2.75, 3.05) is 12.4 Å². The highest BCUT2D eigenvalue weighted by Crippen LogP contribution is 2.35. The summed E-state index contributed by atoms with van der Waals surface area (Å²) in [5.41, 5.74) is 1.89. The summed E-state index contributed by atoms with van der Waals surface area (Å²) in [6.07, 6.45) is 9.11. The standard InChI is InChI=1S/C31H35ClN4O3.C18H15P/c32-21-13-5-3-1-2-4-6-14-22-33-31(39)23-15-7-10-18-26(23)36-30(25-17-9-12-20-28(25)38)34-29(35-36)24-16-8-11-19-27(24)37;1-4-10-16(11-5-1)19(17-12-6-2-7-13-17)18-14-8-3-9-15-18/h7-12,15-20,37-38H,1-6,13-14,21-22H2,(H,33,39);1-15H. The summed E-state index contributed by atoms with van der Waals surface area (Å²) in [4.78, 5) is 17.9. The van der Waals surface area contributed by atoms with Crippen LogP contribution in [0.3, 0.4) is 0 Å². The van der Waals surface area contributed by atoms with Crippen LogP contribution < -0.4 is 21.2 Å². The molecule has 1 amide bonds. The van der Waals surface area contributed by atoms with Crippen molar-refractivity contribution in [3.8, 4) is 40.0 Å². The van der Waals surface area contributed by atoms with Crippen LogP contribution in [0.5, 0.6) is 11.5 Å². The SMILES string of the molecule is O=C(NCCCCCCCCCCCl)c1ccccc1-n1nc(-c2ccccc2O)nc1-c1ccccc1O.c1ccc(P(c2ccccc2)c2ccccc2)cc1. The van der Waals surface area contributed by atoms with Gasteiger partial charge in [-0.3, -0.25) is 4.79 Å². The summed E-state index contributed by atoms with van der Waals surface area (Å²) in [7, 11) is -0.446. The minimum Gasteiger partial charge on any atom is -0.507 e. The van der Waals surface area contributed by atoms with Crippen molar-refractivity contribution in [2.45, 2.75) is 51.4 Å². The van der Waals surface area contributed by atoms with E-state index in [0.717, 1.165) is 31.6 Å². The summed E-state index contributed by atoms with van der Waals surface area (Å²) in [6.45, 7) is 0.590. The zero-order chi connectivity index (χ0) is 40.4. The number of para-hydroxylation sites is 3. The second-order valence-electron chi connectivity index (χ2n) is 13.8. The maximum atomic E-state index is 13.2. The number of rotatable bonds is 17. The summed E-state index contributed by atoms with van der Waals surface area (Å²) in [5.74, 6) is 1.26. The Morgan fingerprint density at radius 2 is 1.00 bits per heavy atom. The Morgan fingerprint density at radius 3 is 1.53 bits per heavy atom. The number of nitrogens with zero attached hydrogens (tertiary/aromatic N) is 3. The number of benzene rings is 6. The van der Waals surface area contributed by atoms with E-state index in [9.17, 15) is 15.0 Å². The van der Waals surface area contributed by atoms with Crippen LogP contribution in [0.4, 0.5) is 0 Å². The first-order valence-electron chi connectivity index (χ1n) is 20.0. The van der Waals surface area contributed by atoms with Crippen molar-refractivity contribution < 1.29 is 15.0 Å².